The van der Waals surface area contributed by atoms with Crippen molar-refractivity contribution >= 4 is 29.2 Å². The number of nitro groups is 1. The summed E-state index contributed by atoms with van der Waals surface area (Å²) in [4.78, 5) is 46.2. The Balaban J connectivity index is 2.12. The summed E-state index contributed by atoms with van der Waals surface area (Å²) in [6, 6.07) is 8.54. The molecule has 0 spiro atoms. The van der Waals surface area contributed by atoms with Crippen molar-refractivity contribution in [2.24, 2.45) is 0 Å². The van der Waals surface area contributed by atoms with Gasteiger partial charge in [0.2, 0.25) is 0 Å². The lowest BCUT2D eigenvalue weighted by Gasteiger charge is -2.11. The highest BCUT2D eigenvalue weighted by molar-refractivity contribution is 5.98. The molecule has 0 aromatic heterocycles. The Morgan fingerprint density at radius 1 is 1.04 bits per heavy atom. The van der Waals surface area contributed by atoms with Crippen LogP contribution in [0.3, 0.4) is 0 Å². The zero-order chi connectivity index (χ0) is 20.8. The van der Waals surface area contributed by atoms with E-state index in [4.69, 9.17) is 4.74 Å². The lowest BCUT2D eigenvalue weighted by atomic mass is 10.1. The van der Waals surface area contributed by atoms with E-state index in [0.29, 0.717) is 5.69 Å². The van der Waals surface area contributed by atoms with Gasteiger partial charge in [-0.25, -0.2) is 9.59 Å². The molecule has 2 aromatic rings. The van der Waals surface area contributed by atoms with Gasteiger partial charge in [-0.05, 0) is 31.0 Å². The molecule has 0 unspecified atom stereocenters. The van der Waals surface area contributed by atoms with Crippen LogP contribution in [0.15, 0.2) is 36.4 Å². The third-order valence-electron chi connectivity index (χ3n) is 3.87. The molecule has 0 aliphatic heterocycles. The van der Waals surface area contributed by atoms with Crippen molar-refractivity contribution in [2.45, 2.75) is 13.8 Å². The van der Waals surface area contributed by atoms with E-state index in [-0.39, 0.29) is 11.1 Å². The number of amides is 1. The number of aryl methyl sites for hydroxylation is 2. The van der Waals surface area contributed by atoms with Gasteiger partial charge in [-0.15, -0.1) is 0 Å². The second-order valence-corrected chi connectivity index (χ2v) is 5.91. The Labute approximate surface area is 160 Å². The summed E-state index contributed by atoms with van der Waals surface area (Å²) < 4.78 is 9.43. The van der Waals surface area contributed by atoms with Gasteiger partial charge in [-0.1, -0.05) is 18.2 Å². The summed E-state index contributed by atoms with van der Waals surface area (Å²) in [5, 5.41) is 13.7. The number of carbonyl (C=O) groups is 3. The summed E-state index contributed by atoms with van der Waals surface area (Å²) in [5.74, 6) is -2.39. The van der Waals surface area contributed by atoms with Crippen LogP contribution < -0.4 is 5.32 Å². The van der Waals surface area contributed by atoms with E-state index < -0.39 is 35.1 Å². The molecule has 0 saturated heterocycles. The van der Waals surface area contributed by atoms with Crippen LogP contribution >= 0.6 is 0 Å². The molecule has 1 N–H and O–H groups in total. The number of hydrogen-bond acceptors (Lipinski definition) is 7. The number of ether oxygens (including phenoxy) is 2. The Kier molecular flexibility index (Phi) is 6.43. The van der Waals surface area contributed by atoms with E-state index in [0.717, 1.165) is 36.4 Å². The maximum atomic E-state index is 12.2. The monoisotopic (exact) mass is 386 g/mol. The number of esters is 2. The Hall–Kier alpha value is -3.75. The fraction of sp³-hybridized carbons (Fsp3) is 0.211. The van der Waals surface area contributed by atoms with Crippen LogP contribution in [0.5, 0.6) is 0 Å². The average molecular weight is 386 g/mol. The van der Waals surface area contributed by atoms with Crippen LogP contribution in [0.25, 0.3) is 0 Å². The minimum atomic E-state index is -0.981. The van der Waals surface area contributed by atoms with Crippen LogP contribution in [0.1, 0.15) is 31.8 Å². The molecule has 0 aliphatic carbocycles. The molecule has 0 bridgehead atoms. The minimum absolute atomic E-state index is 0.177. The molecular formula is C19H18N2O7. The van der Waals surface area contributed by atoms with Gasteiger partial charge in [0.15, 0.2) is 6.61 Å². The number of methoxy groups -OCH3 is 1. The maximum absolute atomic E-state index is 12.2. The smallest absolute Gasteiger partial charge is 0.338 e. The van der Waals surface area contributed by atoms with Crippen molar-refractivity contribution in [3.63, 3.8) is 0 Å². The van der Waals surface area contributed by atoms with E-state index in [9.17, 15) is 24.5 Å². The number of non-ortho nitro benzene ring substituents is 1. The first-order chi connectivity index (χ1) is 13.2. The van der Waals surface area contributed by atoms with E-state index in [1.165, 1.54) is 0 Å². The zero-order valence-corrected chi connectivity index (χ0v) is 15.5. The van der Waals surface area contributed by atoms with Crippen molar-refractivity contribution < 1.29 is 28.8 Å². The summed E-state index contributed by atoms with van der Waals surface area (Å²) in [7, 11) is 1.11. The van der Waals surface area contributed by atoms with E-state index in [1.54, 1.807) is 0 Å². The lowest BCUT2D eigenvalue weighted by Crippen LogP contribution is -2.22. The van der Waals surface area contributed by atoms with Gasteiger partial charge in [0.05, 0.1) is 23.2 Å². The fourth-order valence-electron chi connectivity index (χ4n) is 2.47. The Morgan fingerprint density at radius 2 is 1.61 bits per heavy atom. The van der Waals surface area contributed by atoms with Crippen molar-refractivity contribution in [3.05, 3.63) is 68.8 Å². The molecule has 0 heterocycles. The first-order valence-corrected chi connectivity index (χ1v) is 8.14. The number of nitrogens with zero attached hydrogens (tertiary/aromatic N) is 1. The molecule has 28 heavy (non-hydrogen) atoms. The van der Waals surface area contributed by atoms with Crippen LogP contribution in [0, 0.1) is 24.0 Å². The SMILES string of the molecule is COC(=O)c1cc(C(=O)OCC(=O)Nc2c(C)cccc2C)cc([N+](=O)[O-])c1. The van der Waals surface area contributed by atoms with Gasteiger partial charge >= 0.3 is 11.9 Å². The van der Waals surface area contributed by atoms with Crippen LogP contribution in [0.2, 0.25) is 0 Å². The topological polar surface area (TPSA) is 125 Å². The van der Waals surface area contributed by atoms with Crippen LogP contribution in [0.4, 0.5) is 11.4 Å². The number of benzene rings is 2. The Bertz CT molecular complexity index is 933. The first kappa shape index (κ1) is 20.6. The number of rotatable bonds is 6. The predicted octanol–water partition coefficient (Wildman–Crippen LogP) is 2.79. The highest BCUT2D eigenvalue weighted by Crippen LogP contribution is 2.20. The van der Waals surface area contributed by atoms with Gasteiger partial charge in [0.25, 0.3) is 11.6 Å². The largest absolute Gasteiger partial charge is 0.465 e. The van der Waals surface area contributed by atoms with Gasteiger partial charge in [0, 0.05) is 17.8 Å². The summed E-state index contributed by atoms with van der Waals surface area (Å²) in [5.41, 5.74) is 1.42. The molecule has 146 valence electrons. The minimum Gasteiger partial charge on any atom is -0.465 e. The maximum Gasteiger partial charge on any atom is 0.338 e. The van der Waals surface area contributed by atoms with Crippen molar-refractivity contribution in [3.8, 4) is 0 Å². The third-order valence-corrected chi connectivity index (χ3v) is 3.87. The van der Waals surface area contributed by atoms with E-state index >= 15 is 0 Å². The van der Waals surface area contributed by atoms with Gasteiger partial charge in [0.1, 0.15) is 0 Å². The second-order valence-electron chi connectivity index (χ2n) is 5.91. The predicted molar refractivity (Wildman–Crippen MR) is 99.3 cm³/mol. The second kappa shape index (κ2) is 8.76. The highest BCUT2D eigenvalue weighted by Gasteiger charge is 2.20. The van der Waals surface area contributed by atoms with E-state index in [1.807, 2.05) is 32.0 Å². The average Bonchev–Trinajstić information content (AvgIpc) is 2.67. The first-order valence-electron chi connectivity index (χ1n) is 8.14. The van der Waals surface area contributed by atoms with Crippen molar-refractivity contribution in [2.75, 3.05) is 19.0 Å². The number of nitro benzene ring substituents is 1. The standard InChI is InChI=1S/C19H18N2O7/c1-11-5-4-6-12(2)17(11)20-16(22)10-28-19(24)14-7-13(18(23)27-3)8-15(9-14)21(25)26/h4-9H,10H2,1-3H3,(H,20,22). The molecule has 2 rings (SSSR count). The zero-order valence-electron chi connectivity index (χ0n) is 15.5. The number of anilines is 1. The molecule has 9 nitrogen and oxygen atoms in total. The molecule has 2 aromatic carbocycles. The van der Waals surface area contributed by atoms with E-state index in [2.05, 4.69) is 10.1 Å². The van der Waals surface area contributed by atoms with Crippen LogP contribution in [-0.2, 0) is 14.3 Å². The normalized spacial score (nSPS) is 10.1. The summed E-state index contributed by atoms with van der Waals surface area (Å²) in [6.45, 7) is 3.06. The molecule has 0 fully saturated rings. The number of para-hydroxylation sites is 1. The van der Waals surface area contributed by atoms with Gasteiger partial charge in [-0.3, -0.25) is 14.9 Å². The lowest BCUT2D eigenvalue weighted by molar-refractivity contribution is -0.384. The third kappa shape index (κ3) is 4.91. The molecule has 0 atom stereocenters. The molecule has 0 saturated carbocycles. The fourth-order valence-corrected chi connectivity index (χ4v) is 2.47. The quantitative estimate of drug-likeness (QED) is 0.460. The van der Waals surface area contributed by atoms with Crippen molar-refractivity contribution in [1.29, 1.82) is 0 Å². The number of nitrogens with one attached hydrogen (secondary N) is 1. The molecule has 1 amide bonds. The molecular weight excluding hydrogens is 368 g/mol. The molecule has 9 heteroatoms. The van der Waals surface area contributed by atoms with Gasteiger partial charge < -0.3 is 14.8 Å². The molecule has 0 radical (unpaired) electrons. The van der Waals surface area contributed by atoms with Crippen molar-refractivity contribution in [1.82, 2.24) is 0 Å². The van der Waals surface area contributed by atoms with Gasteiger partial charge in [-0.2, -0.15) is 0 Å². The summed E-state index contributed by atoms with van der Waals surface area (Å²) >= 11 is 0. The number of carbonyl (C=O) groups excluding carboxylic acids is 3. The summed E-state index contributed by atoms with van der Waals surface area (Å²) in [6.07, 6.45) is 0. The van der Waals surface area contributed by atoms with Crippen LogP contribution in [-0.4, -0.2) is 36.5 Å². The highest BCUT2D eigenvalue weighted by atomic mass is 16.6. The number of hydrogen-bond donors (Lipinski definition) is 1. The molecule has 0 aliphatic rings. The Morgan fingerprint density at radius 3 is 2.14 bits per heavy atom.